The van der Waals surface area contributed by atoms with E-state index in [0.717, 1.165) is 0 Å². The van der Waals surface area contributed by atoms with Gasteiger partial charge in [0.05, 0.1) is 0 Å². The SMILES string of the molecule is CC1=CC=[CH][Sn]([CH3])=[C]1C. The minimum atomic E-state index is -1.09. The molecule has 0 aromatic carbocycles. The predicted octanol–water partition coefficient (Wildman–Crippen LogP) is 1.94. The first-order chi connectivity index (χ1) is 4.22. The van der Waals surface area contributed by atoms with Crippen LogP contribution in [0, 0.1) is 0 Å². The Balaban J connectivity index is 3.06. The van der Waals surface area contributed by atoms with Crippen LogP contribution in [0.15, 0.2) is 21.8 Å². The molecule has 1 rings (SSSR count). The summed E-state index contributed by atoms with van der Waals surface area (Å²) in [7, 11) is 0. The van der Waals surface area contributed by atoms with E-state index < -0.39 is 19.3 Å². The minimum absolute atomic E-state index is 1.09. The van der Waals surface area contributed by atoms with E-state index in [1.165, 1.54) is 5.57 Å². The van der Waals surface area contributed by atoms with Crippen molar-refractivity contribution >= 4 is 22.8 Å². The van der Waals surface area contributed by atoms with E-state index in [9.17, 15) is 0 Å². The standard InChI is InChI=1S/C7H9.CH3.Sn/c1-4-6-7(3)5-2;;/h1,4,6H,2-3H3;1H3;. The van der Waals surface area contributed by atoms with E-state index in [0.29, 0.717) is 0 Å². The molecular weight excluding hydrogens is 215 g/mol. The van der Waals surface area contributed by atoms with E-state index in [1.807, 2.05) is 0 Å². The van der Waals surface area contributed by atoms with E-state index in [4.69, 9.17) is 0 Å². The van der Waals surface area contributed by atoms with Crippen LogP contribution in [0.1, 0.15) is 13.8 Å². The van der Waals surface area contributed by atoms with E-state index in [-0.39, 0.29) is 0 Å². The second-order valence-electron chi connectivity index (χ2n) is 2.52. The zero-order valence-electron chi connectivity index (χ0n) is 6.23. The first-order valence-corrected chi connectivity index (χ1v) is 9.17. The molecule has 1 aliphatic rings. The molecule has 0 amide bonds. The molecule has 0 nitrogen and oxygen atoms in total. The summed E-state index contributed by atoms with van der Waals surface area (Å²) in [6.45, 7) is 4.49. The number of allylic oxidation sites excluding steroid dienone is 3. The fraction of sp³-hybridized carbons (Fsp3) is 0.375. The summed E-state index contributed by atoms with van der Waals surface area (Å²) < 4.78 is 4.12. The van der Waals surface area contributed by atoms with Gasteiger partial charge in [-0.3, -0.25) is 0 Å². The van der Waals surface area contributed by atoms with Crippen LogP contribution in [0.3, 0.4) is 0 Å². The average molecular weight is 227 g/mol. The van der Waals surface area contributed by atoms with Gasteiger partial charge in [0.1, 0.15) is 0 Å². The van der Waals surface area contributed by atoms with Crippen molar-refractivity contribution in [2.75, 3.05) is 0 Å². The Labute approximate surface area is 63.5 Å². The molecule has 0 unspecified atom stereocenters. The van der Waals surface area contributed by atoms with Crippen molar-refractivity contribution in [3.63, 3.8) is 0 Å². The zero-order valence-corrected chi connectivity index (χ0v) is 9.09. The summed E-state index contributed by atoms with van der Waals surface area (Å²) >= 11 is -1.09. The molecule has 0 atom stereocenters. The maximum atomic E-state index is 2.42. The maximum absolute atomic E-state index is 2.42. The van der Waals surface area contributed by atoms with Crippen molar-refractivity contribution in [1.29, 1.82) is 0 Å². The number of hydrogen-bond donors (Lipinski definition) is 0. The van der Waals surface area contributed by atoms with Crippen LogP contribution in [0.2, 0.25) is 4.94 Å². The van der Waals surface area contributed by atoms with E-state index in [1.54, 1.807) is 3.52 Å². The van der Waals surface area contributed by atoms with Gasteiger partial charge >= 0.3 is 63.4 Å². The van der Waals surface area contributed by atoms with Gasteiger partial charge in [0.15, 0.2) is 0 Å². The third-order valence-corrected chi connectivity index (χ3v) is 8.35. The summed E-state index contributed by atoms with van der Waals surface area (Å²) in [4.78, 5) is 2.42. The van der Waals surface area contributed by atoms with Crippen LogP contribution in [-0.4, -0.2) is 22.8 Å². The molecule has 9 heavy (non-hydrogen) atoms. The molecule has 0 saturated carbocycles. The van der Waals surface area contributed by atoms with Crippen LogP contribution in [-0.2, 0) is 0 Å². The fourth-order valence-corrected chi connectivity index (χ4v) is 4.72. The first-order valence-electron chi connectivity index (χ1n) is 3.24. The molecule has 0 saturated heterocycles. The number of hydrogen-bond acceptors (Lipinski definition) is 0. The van der Waals surface area contributed by atoms with Crippen LogP contribution < -0.4 is 0 Å². The summed E-state index contributed by atoms with van der Waals surface area (Å²) in [6.07, 6.45) is 4.43. The van der Waals surface area contributed by atoms with Gasteiger partial charge in [-0.15, -0.1) is 0 Å². The summed E-state index contributed by atoms with van der Waals surface area (Å²) in [5, 5.41) is 0. The molecule has 0 N–H and O–H groups in total. The van der Waals surface area contributed by atoms with Crippen LogP contribution in [0.25, 0.3) is 0 Å². The molecule has 0 fully saturated rings. The van der Waals surface area contributed by atoms with Crippen LogP contribution >= 0.6 is 0 Å². The second-order valence-corrected chi connectivity index (χ2v) is 9.51. The Morgan fingerprint density at radius 3 is 2.44 bits per heavy atom. The summed E-state index contributed by atoms with van der Waals surface area (Å²) in [5.41, 5.74) is 1.51. The van der Waals surface area contributed by atoms with Gasteiger partial charge in [0, 0.05) is 0 Å². The van der Waals surface area contributed by atoms with E-state index >= 15 is 0 Å². The third kappa shape index (κ3) is 1.54. The van der Waals surface area contributed by atoms with Crippen molar-refractivity contribution in [2.45, 2.75) is 18.8 Å². The molecule has 1 heteroatoms. The predicted molar refractivity (Wildman–Crippen MR) is 45.2 cm³/mol. The molecule has 1 aliphatic heterocycles. The molecule has 0 aromatic rings. The Hall–Kier alpha value is 0.149. The Kier molecular flexibility index (Phi) is 2.28. The third-order valence-electron chi connectivity index (χ3n) is 1.88. The Morgan fingerprint density at radius 2 is 2.00 bits per heavy atom. The van der Waals surface area contributed by atoms with Crippen molar-refractivity contribution in [3.05, 3.63) is 21.8 Å². The van der Waals surface area contributed by atoms with Crippen molar-refractivity contribution in [2.24, 2.45) is 0 Å². The van der Waals surface area contributed by atoms with Crippen LogP contribution in [0.4, 0.5) is 0 Å². The Morgan fingerprint density at radius 1 is 1.33 bits per heavy atom. The van der Waals surface area contributed by atoms with Gasteiger partial charge in [-0.1, -0.05) is 0 Å². The van der Waals surface area contributed by atoms with E-state index in [2.05, 4.69) is 35.0 Å². The van der Waals surface area contributed by atoms with Crippen molar-refractivity contribution in [1.82, 2.24) is 0 Å². The monoisotopic (exact) mass is 228 g/mol. The molecular formula is C8H12Sn. The number of rotatable bonds is 0. The van der Waals surface area contributed by atoms with Gasteiger partial charge in [0.25, 0.3) is 0 Å². The van der Waals surface area contributed by atoms with Gasteiger partial charge in [0.2, 0.25) is 0 Å². The molecule has 0 spiro atoms. The normalized spacial score (nSPS) is 18.3. The first kappa shape index (κ1) is 7.26. The molecule has 0 aliphatic carbocycles. The molecule has 1 heterocycles. The van der Waals surface area contributed by atoms with Gasteiger partial charge < -0.3 is 0 Å². The van der Waals surface area contributed by atoms with Gasteiger partial charge in [-0.25, -0.2) is 0 Å². The van der Waals surface area contributed by atoms with Gasteiger partial charge in [-0.2, -0.15) is 0 Å². The molecule has 0 aromatic heterocycles. The molecule has 0 bridgehead atoms. The van der Waals surface area contributed by atoms with Gasteiger partial charge in [-0.05, 0) is 0 Å². The summed E-state index contributed by atoms with van der Waals surface area (Å²) in [6, 6.07) is 0. The summed E-state index contributed by atoms with van der Waals surface area (Å²) in [5.74, 6) is 0. The van der Waals surface area contributed by atoms with Crippen molar-refractivity contribution < 1.29 is 0 Å². The van der Waals surface area contributed by atoms with Crippen LogP contribution in [0.5, 0.6) is 0 Å². The average Bonchev–Trinajstić information content (AvgIpc) is 1.83. The van der Waals surface area contributed by atoms with Crippen molar-refractivity contribution in [3.8, 4) is 0 Å². The fourth-order valence-electron chi connectivity index (χ4n) is 0.898. The molecule has 48 valence electrons. The second kappa shape index (κ2) is 2.82. The molecule has 0 radical (unpaired) electrons. The topological polar surface area (TPSA) is 0 Å². The zero-order chi connectivity index (χ0) is 6.85. The quantitative estimate of drug-likeness (QED) is 0.554. The Bertz CT molecular complexity index is 207.